The lowest BCUT2D eigenvalue weighted by atomic mass is 10.1. The highest BCUT2D eigenvalue weighted by molar-refractivity contribution is 7.89. The number of nitrogens with zero attached hydrogens (tertiary/aromatic N) is 6. The van der Waals surface area contributed by atoms with Crippen LogP contribution in [0.3, 0.4) is 0 Å². The van der Waals surface area contributed by atoms with Gasteiger partial charge in [-0.25, -0.2) is 27.7 Å². The van der Waals surface area contributed by atoms with Gasteiger partial charge in [0.25, 0.3) is 0 Å². The zero-order valence-electron chi connectivity index (χ0n) is 17.5. The van der Waals surface area contributed by atoms with Crippen LogP contribution in [-0.2, 0) is 16.4 Å². The Balaban J connectivity index is 1.63. The summed E-state index contributed by atoms with van der Waals surface area (Å²) in [5.41, 5.74) is 3.12. The largest absolute Gasteiger partial charge is 0.497 e. The first-order valence-corrected chi connectivity index (χ1v) is 11.5. The normalized spacial score (nSPS) is 11.7. The lowest BCUT2D eigenvalue weighted by Crippen LogP contribution is -2.12. The Bertz CT molecular complexity index is 1560. The zero-order chi connectivity index (χ0) is 23.0. The first-order chi connectivity index (χ1) is 15.9. The summed E-state index contributed by atoms with van der Waals surface area (Å²) >= 11 is 0. The van der Waals surface area contributed by atoms with E-state index in [1.54, 1.807) is 53.2 Å². The van der Waals surface area contributed by atoms with E-state index in [0.717, 1.165) is 22.4 Å². The summed E-state index contributed by atoms with van der Waals surface area (Å²) in [4.78, 5) is 9.00. The van der Waals surface area contributed by atoms with Crippen LogP contribution in [0.15, 0.2) is 78.2 Å². The minimum absolute atomic E-state index is 0.0182. The summed E-state index contributed by atoms with van der Waals surface area (Å²) in [5, 5.41) is 14.3. The molecule has 10 nitrogen and oxygen atoms in total. The number of fused-ring (bicyclic) bond motifs is 1. The highest BCUT2D eigenvalue weighted by atomic mass is 32.2. The second-order valence-corrected chi connectivity index (χ2v) is 8.86. The van der Waals surface area contributed by atoms with E-state index in [2.05, 4.69) is 10.1 Å². The van der Waals surface area contributed by atoms with Gasteiger partial charge in [0.1, 0.15) is 5.75 Å². The van der Waals surface area contributed by atoms with E-state index < -0.39 is 10.0 Å². The van der Waals surface area contributed by atoms with Gasteiger partial charge < -0.3 is 4.74 Å². The summed E-state index contributed by atoms with van der Waals surface area (Å²) in [7, 11) is -2.19. The molecule has 0 aliphatic rings. The Morgan fingerprint density at radius 2 is 1.91 bits per heavy atom. The number of benzene rings is 2. The number of rotatable bonds is 6. The first-order valence-electron chi connectivity index (χ1n) is 9.92. The van der Waals surface area contributed by atoms with Gasteiger partial charge in [0.05, 0.1) is 41.2 Å². The molecular weight excluding hydrogens is 442 g/mol. The van der Waals surface area contributed by atoms with E-state index in [4.69, 9.17) is 20.0 Å². The lowest BCUT2D eigenvalue weighted by molar-refractivity contribution is 0.414. The Kier molecular flexibility index (Phi) is 5.11. The minimum atomic E-state index is -3.80. The fourth-order valence-electron chi connectivity index (χ4n) is 3.53. The van der Waals surface area contributed by atoms with Crippen LogP contribution < -0.4 is 9.88 Å². The molecule has 3 heterocycles. The predicted molar refractivity (Wildman–Crippen MR) is 121 cm³/mol. The van der Waals surface area contributed by atoms with Crippen LogP contribution in [0, 0.1) is 0 Å². The van der Waals surface area contributed by atoms with Crippen molar-refractivity contribution in [1.29, 1.82) is 0 Å². The van der Waals surface area contributed by atoms with Gasteiger partial charge in [-0.1, -0.05) is 12.1 Å². The summed E-state index contributed by atoms with van der Waals surface area (Å²) < 4.78 is 32.0. The number of methoxy groups -OCH3 is 1. The number of hydrogen-bond donors (Lipinski definition) is 1. The quantitative estimate of drug-likeness (QED) is 0.410. The molecule has 0 atom stereocenters. The van der Waals surface area contributed by atoms with E-state index in [1.807, 2.05) is 24.3 Å². The third-order valence-electron chi connectivity index (χ3n) is 5.12. The van der Waals surface area contributed by atoms with Crippen molar-refractivity contribution in [1.82, 2.24) is 29.4 Å². The fraction of sp³-hybridized carbons (Fsp3) is 0.0909. The van der Waals surface area contributed by atoms with Crippen LogP contribution >= 0.6 is 0 Å². The van der Waals surface area contributed by atoms with Gasteiger partial charge >= 0.3 is 0 Å². The Morgan fingerprint density at radius 3 is 2.67 bits per heavy atom. The number of hydrogen-bond acceptors (Lipinski definition) is 7. The third kappa shape index (κ3) is 4.06. The van der Waals surface area contributed by atoms with Gasteiger partial charge in [0.15, 0.2) is 11.6 Å². The molecule has 0 saturated carbocycles. The molecule has 166 valence electrons. The molecule has 5 aromatic rings. The molecule has 0 aliphatic carbocycles. The lowest BCUT2D eigenvalue weighted by Gasteiger charge is -2.06. The Labute approximate surface area is 189 Å². The molecule has 2 aromatic carbocycles. The monoisotopic (exact) mass is 461 g/mol. The molecular formula is C22H19N7O3S. The maximum absolute atomic E-state index is 11.7. The van der Waals surface area contributed by atoms with Crippen molar-refractivity contribution in [3.63, 3.8) is 0 Å². The van der Waals surface area contributed by atoms with Crippen LogP contribution in [-0.4, -0.2) is 44.9 Å². The highest BCUT2D eigenvalue weighted by Gasteiger charge is 2.19. The maximum Gasteiger partial charge on any atom is 0.238 e. The Morgan fingerprint density at radius 1 is 1.09 bits per heavy atom. The third-order valence-corrected chi connectivity index (χ3v) is 6.05. The molecule has 0 aliphatic heterocycles. The average Bonchev–Trinajstić information content (AvgIpc) is 3.43. The van der Waals surface area contributed by atoms with Crippen LogP contribution in [0.4, 0.5) is 0 Å². The molecule has 11 heteroatoms. The maximum atomic E-state index is 11.7. The molecule has 5 rings (SSSR count). The van der Waals surface area contributed by atoms with Crippen molar-refractivity contribution in [2.24, 2.45) is 5.14 Å². The number of nitrogens with two attached hydrogens (primary N) is 1. The smallest absolute Gasteiger partial charge is 0.238 e. The van der Waals surface area contributed by atoms with Gasteiger partial charge in [-0.3, -0.25) is 4.98 Å². The van der Waals surface area contributed by atoms with E-state index in [0.29, 0.717) is 23.8 Å². The summed E-state index contributed by atoms with van der Waals surface area (Å²) in [6, 6.07) is 13.8. The van der Waals surface area contributed by atoms with Crippen molar-refractivity contribution >= 4 is 15.5 Å². The van der Waals surface area contributed by atoms with Crippen molar-refractivity contribution in [3.8, 4) is 22.8 Å². The van der Waals surface area contributed by atoms with E-state index in [9.17, 15) is 8.42 Å². The van der Waals surface area contributed by atoms with Crippen molar-refractivity contribution in [3.05, 3.63) is 84.7 Å². The molecule has 3 aromatic heterocycles. The topological polar surface area (TPSA) is 130 Å². The molecule has 0 bridgehead atoms. The number of aromatic nitrogens is 6. The number of primary sulfonamides is 1. The second kappa shape index (κ2) is 8.11. The molecule has 0 amide bonds. The Hall–Kier alpha value is -4.09. The summed E-state index contributed by atoms with van der Waals surface area (Å²) in [5.74, 6) is 1.88. The first kappa shape index (κ1) is 20.8. The molecule has 0 saturated heterocycles. The summed E-state index contributed by atoms with van der Waals surface area (Å²) in [6.07, 6.45) is 7.27. The van der Waals surface area contributed by atoms with Crippen LogP contribution in [0.25, 0.3) is 22.6 Å². The van der Waals surface area contributed by atoms with Crippen molar-refractivity contribution < 1.29 is 13.2 Å². The van der Waals surface area contributed by atoms with Crippen LogP contribution in [0.2, 0.25) is 0 Å². The number of sulfonamides is 1. The molecule has 0 radical (unpaired) electrons. The fourth-order valence-corrected chi connectivity index (χ4v) is 4.05. The van der Waals surface area contributed by atoms with E-state index >= 15 is 0 Å². The van der Waals surface area contributed by atoms with Gasteiger partial charge in [0, 0.05) is 18.8 Å². The van der Waals surface area contributed by atoms with Gasteiger partial charge in [-0.15, -0.1) is 0 Å². The average molecular weight is 462 g/mol. The summed E-state index contributed by atoms with van der Waals surface area (Å²) in [6.45, 7) is 0. The molecule has 0 unspecified atom stereocenters. The van der Waals surface area contributed by atoms with E-state index in [1.165, 1.54) is 12.1 Å². The SMILES string of the molecule is COc1cccc(Cc2nc(-c3cnn4ccncc34)n(-c3ccc(S(N)(=O)=O)cc3)n2)c1. The van der Waals surface area contributed by atoms with Crippen molar-refractivity contribution in [2.75, 3.05) is 7.11 Å². The van der Waals surface area contributed by atoms with Gasteiger partial charge in [-0.2, -0.15) is 10.2 Å². The van der Waals surface area contributed by atoms with Gasteiger partial charge in [-0.05, 0) is 42.0 Å². The molecule has 0 spiro atoms. The van der Waals surface area contributed by atoms with Crippen molar-refractivity contribution in [2.45, 2.75) is 11.3 Å². The minimum Gasteiger partial charge on any atom is -0.497 e. The molecule has 2 N–H and O–H groups in total. The van der Waals surface area contributed by atoms with Crippen LogP contribution in [0.1, 0.15) is 11.4 Å². The van der Waals surface area contributed by atoms with E-state index in [-0.39, 0.29) is 4.90 Å². The molecule has 33 heavy (non-hydrogen) atoms. The zero-order valence-corrected chi connectivity index (χ0v) is 18.3. The van der Waals surface area contributed by atoms with Gasteiger partial charge in [0.2, 0.25) is 10.0 Å². The standard InChI is InChI=1S/C22H19N7O3S/c1-32-17-4-2-3-15(11-17)12-21-26-22(19-13-25-28-10-9-24-14-20(19)28)29(27-21)16-5-7-18(8-6-16)33(23,30)31/h2-11,13-14H,12H2,1H3,(H2,23,30,31). The molecule has 0 fully saturated rings. The number of ether oxygens (including phenoxy) is 1. The van der Waals surface area contributed by atoms with Crippen LogP contribution in [0.5, 0.6) is 5.75 Å². The highest BCUT2D eigenvalue weighted by Crippen LogP contribution is 2.26. The predicted octanol–water partition coefficient (Wildman–Crippen LogP) is 2.22. The second-order valence-electron chi connectivity index (χ2n) is 7.30.